The average molecular weight is 1060 g/mol. The van der Waals surface area contributed by atoms with E-state index in [2.05, 4.69) is 302 Å². The van der Waals surface area contributed by atoms with Gasteiger partial charge in [0.05, 0.1) is 11.0 Å². The van der Waals surface area contributed by atoms with E-state index < -0.39 is 8.07 Å². The number of nitrogens with zero attached hydrogens (tertiary/aromatic N) is 4. The summed E-state index contributed by atoms with van der Waals surface area (Å²) in [7, 11) is -3.29. The molecule has 3 aliphatic rings. The zero-order valence-electron chi connectivity index (χ0n) is 44.8. The van der Waals surface area contributed by atoms with Gasteiger partial charge in [-0.3, -0.25) is 4.57 Å². The van der Waals surface area contributed by atoms with E-state index >= 15 is 0 Å². The second-order valence-electron chi connectivity index (χ2n) is 21.7. The van der Waals surface area contributed by atoms with E-state index in [0.29, 0.717) is 17.6 Å². The van der Waals surface area contributed by atoms with Gasteiger partial charge < -0.3 is 0 Å². The van der Waals surface area contributed by atoms with Gasteiger partial charge in [-0.05, 0) is 99.6 Å². The highest BCUT2D eigenvalue weighted by Crippen LogP contribution is 2.58. The van der Waals surface area contributed by atoms with Crippen LogP contribution in [0.2, 0.25) is 0 Å². The van der Waals surface area contributed by atoms with Crippen molar-refractivity contribution in [3.05, 3.63) is 337 Å². The number of hydrogen-bond donors (Lipinski definition) is 0. The summed E-state index contributed by atoms with van der Waals surface area (Å²) >= 11 is 0. The van der Waals surface area contributed by atoms with Gasteiger partial charge in [-0.1, -0.05) is 291 Å². The van der Waals surface area contributed by atoms with Crippen LogP contribution in [0, 0.1) is 0 Å². The molecule has 0 fully saturated rings. The van der Waals surface area contributed by atoms with Crippen molar-refractivity contribution in [1.29, 1.82) is 0 Å². The molecule has 0 radical (unpaired) electrons. The van der Waals surface area contributed by atoms with Gasteiger partial charge in [0.1, 0.15) is 0 Å². The summed E-state index contributed by atoms with van der Waals surface area (Å²) in [6, 6.07) is 112. The fourth-order valence-electron chi connectivity index (χ4n) is 14.0. The Morgan fingerprint density at radius 2 is 0.707 bits per heavy atom. The maximum atomic E-state index is 5.54. The molecule has 3 aliphatic carbocycles. The highest BCUT2D eigenvalue weighted by Gasteiger charge is 2.50. The molecule has 12 aromatic carbocycles. The minimum absolute atomic E-state index is 0.00388. The van der Waals surface area contributed by atoms with Crippen LogP contribution in [0.5, 0.6) is 0 Å². The van der Waals surface area contributed by atoms with Crippen LogP contribution < -0.4 is 20.7 Å². The Labute approximate surface area is 478 Å². The predicted molar refractivity (Wildman–Crippen MR) is 340 cm³/mol. The van der Waals surface area contributed by atoms with Gasteiger partial charge in [-0.15, -0.1) is 0 Å². The molecule has 384 valence electrons. The molecule has 0 saturated heterocycles. The van der Waals surface area contributed by atoms with Crippen LogP contribution >= 0.6 is 0 Å². The maximum absolute atomic E-state index is 5.54. The largest absolute Gasteiger partial charge is 0.278 e. The van der Waals surface area contributed by atoms with Crippen molar-refractivity contribution in [2.24, 2.45) is 0 Å². The van der Waals surface area contributed by atoms with Crippen molar-refractivity contribution >= 4 is 50.6 Å². The van der Waals surface area contributed by atoms with Crippen molar-refractivity contribution in [2.45, 2.75) is 11.8 Å². The Morgan fingerprint density at radius 1 is 0.280 bits per heavy atom. The van der Waals surface area contributed by atoms with E-state index in [1.165, 1.54) is 81.9 Å². The topological polar surface area (TPSA) is 43.6 Å². The fraction of sp³-hybridized carbons (Fsp3) is 0.0260. The molecule has 0 saturated carbocycles. The first-order valence-corrected chi connectivity index (χ1v) is 30.3. The van der Waals surface area contributed by atoms with E-state index in [0.717, 1.165) is 38.5 Å². The Kier molecular flexibility index (Phi) is 11.3. The van der Waals surface area contributed by atoms with Crippen LogP contribution in [0.15, 0.2) is 303 Å². The first-order chi connectivity index (χ1) is 40.7. The second-order valence-corrected chi connectivity index (χ2v) is 25.5. The lowest BCUT2D eigenvalue weighted by molar-refractivity contribution is 0.760. The van der Waals surface area contributed by atoms with Crippen LogP contribution in [0.4, 0.5) is 0 Å². The van der Waals surface area contributed by atoms with Crippen LogP contribution in [-0.2, 0) is 0 Å². The molecule has 17 rings (SSSR count). The Balaban J connectivity index is 0.962. The molecule has 4 nitrogen and oxygen atoms in total. The Morgan fingerprint density at radius 3 is 1.33 bits per heavy atom. The van der Waals surface area contributed by atoms with E-state index in [1.807, 2.05) is 6.07 Å². The van der Waals surface area contributed by atoms with E-state index in [1.54, 1.807) is 0 Å². The molecule has 2 atom stereocenters. The third-order valence-electron chi connectivity index (χ3n) is 17.4. The average Bonchev–Trinajstić information content (AvgIpc) is 1.83. The van der Waals surface area contributed by atoms with Crippen LogP contribution in [0.3, 0.4) is 0 Å². The molecule has 5 heteroatoms. The van der Waals surface area contributed by atoms with Gasteiger partial charge in [-0.25, -0.2) is 4.98 Å². The predicted octanol–water partition coefficient (Wildman–Crippen LogP) is 15.7. The minimum atomic E-state index is -3.29. The molecule has 0 amide bonds. The molecule has 0 spiro atoms. The lowest BCUT2D eigenvalue weighted by atomic mass is 9.60. The lowest BCUT2D eigenvalue weighted by Crippen LogP contribution is -2.75. The molecular weight excluding hydrogens is 1010 g/mol. The van der Waals surface area contributed by atoms with E-state index in [9.17, 15) is 0 Å². The number of rotatable bonds is 10. The van der Waals surface area contributed by atoms with Crippen LogP contribution in [0.25, 0.3) is 83.9 Å². The first-order valence-electron chi connectivity index (χ1n) is 28.3. The van der Waals surface area contributed by atoms with Gasteiger partial charge in [0.15, 0.2) is 19.7 Å². The van der Waals surface area contributed by atoms with E-state index in [4.69, 9.17) is 15.0 Å². The highest BCUT2D eigenvalue weighted by molar-refractivity contribution is 7.20. The summed E-state index contributed by atoms with van der Waals surface area (Å²) in [5.74, 6) is 1.70. The first kappa shape index (κ1) is 47.6. The van der Waals surface area contributed by atoms with Crippen molar-refractivity contribution in [3.63, 3.8) is 0 Å². The van der Waals surface area contributed by atoms with Gasteiger partial charge in [0.2, 0.25) is 5.95 Å². The lowest BCUT2D eigenvalue weighted by Gasteiger charge is -2.47. The molecule has 0 N–H and O–H groups in total. The third kappa shape index (κ3) is 7.47. The van der Waals surface area contributed by atoms with Crippen molar-refractivity contribution < 1.29 is 0 Å². The highest BCUT2D eigenvalue weighted by atomic mass is 28.3. The summed E-state index contributed by atoms with van der Waals surface area (Å²) in [4.78, 5) is 16.3. The summed E-state index contributed by atoms with van der Waals surface area (Å²) < 4.78 is 2.21. The van der Waals surface area contributed by atoms with Crippen molar-refractivity contribution in [3.8, 4) is 62.1 Å². The number of benzene rings is 12. The van der Waals surface area contributed by atoms with Gasteiger partial charge in [-0.2, -0.15) is 9.97 Å². The van der Waals surface area contributed by atoms with Gasteiger partial charge in [0, 0.05) is 33.7 Å². The summed E-state index contributed by atoms with van der Waals surface area (Å²) in [6.45, 7) is 0. The number of hydrogen-bond acceptors (Lipinski definition) is 3. The molecule has 2 unspecified atom stereocenters. The van der Waals surface area contributed by atoms with Gasteiger partial charge in [0.25, 0.3) is 0 Å². The SMILES string of the molecule is c1ccc(-c2cccc([Si](c3ccccc3)(c3cccc(-c4ccccc4)c3)c3cccc4c3C3c5ccccc5C4c4cccc(-c5ccccc5-c5nc(-c6ccccc6)nc(-n6c7ccccc7c7ccccc76)n5)c43)c2)cc1. The quantitative estimate of drug-likeness (QED) is 0.101. The Hall–Kier alpha value is -10.3. The molecular formula is C77H52N4Si. The third-order valence-corrected chi connectivity index (χ3v) is 22.2. The second kappa shape index (κ2) is 19.5. The molecule has 14 aromatic rings. The van der Waals surface area contributed by atoms with Crippen LogP contribution in [0.1, 0.15) is 45.2 Å². The van der Waals surface area contributed by atoms with Crippen molar-refractivity contribution in [2.75, 3.05) is 0 Å². The monoisotopic (exact) mass is 1060 g/mol. The standard InChI is InChI=1S/C77H52N4Si/c1-5-25-51(26-6-1)54-31-21-35-57(49-54)82(56-33-11-4-12-34-56,58-36-22-32-55(50-58)52-27-7-2-8-28-52)70-48-24-45-67-71-63-40-14-15-41-64(63)74(73(67)70)72-62(43-23-44-66(71)72)59-37-13-16-42-65(59)76-78-75(53-29-9-3-10-30-53)79-77(80-76)81-68-46-19-17-38-60(68)61-39-18-20-47-69(61)81/h1-50,71,74H. The molecule has 2 bridgehead atoms. The fourth-order valence-corrected chi connectivity index (χ4v) is 19.1. The number of aromatic nitrogens is 4. The smallest absolute Gasteiger partial charge is 0.238 e. The summed E-state index contributed by atoms with van der Waals surface area (Å²) in [6.07, 6.45) is 0. The minimum Gasteiger partial charge on any atom is -0.278 e. The maximum Gasteiger partial charge on any atom is 0.238 e. The zero-order chi connectivity index (χ0) is 54.1. The molecule has 2 heterocycles. The zero-order valence-corrected chi connectivity index (χ0v) is 45.8. The van der Waals surface area contributed by atoms with Crippen molar-refractivity contribution in [1.82, 2.24) is 19.5 Å². The number of para-hydroxylation sites is 2. The molecule has 82 heavy (non-hydrogen) atoms. The molecule has 2 aromatic heterocycles. The summed E-state index contributed by atoms with van der Waals surface area (Å²) in [5, 5.41) is 7.74. The van der Waals surface area contributed by atoms with E-state index in [-0.39, 0.29) is 11.8 Å². The normalized spacial score (nSPS) is 14.1. The number of fused-ring (bicyclic) bond motifs is 3. The summed E-state index contributed by atoms with van der Waals surface area (Å²) in [5.41, 5.74) is 19.3. The van der Waals surface area contributed by atoms with Gasteiger partial charge >= 0.3 is 0 Å². The van der Waals surface area contributed by atoms with Crippen LogP contribution in [-0.4, -0.2) is 27.6 Å². The Bertz CT molecular complexity index is 4630. The molecule has 0 aliphatic heterocycles.